The van der Waals surface area contributed by atoms with Crippen molar-refractivity contribution in [2.75, 3.05) is 13.2 Å². The van der Waals surface area contributed by atoms with E-state index in [1.807, 2.05) is 38.1 Å². The molecule has 0 spiro atoms. The number of carboxylic acids is 2. The molecule has 0 saturated heterocycles. The topological polar surface area (TPSA) is 157 Å². The molecule has 0 atom stereocenters. The molecule has 8 heterocycles. The van der Waals surface area contributed by atoms with Crippen molar-refractivity contribution < 1.29 is 95.7 Å². The van der Waals surface area contributed by atoms with Gasteiger partial charge >= 0.3 is 75.3 Å². The first kappa shape index (κ1) is 52.6. The van der Waals surface area contributed by atoms with Crippen LogP contribution in [0.1, 0.15) is 152 Å². The summed E-state index contributed by atoms with van der Waals surface area (Å²) in [6.45, 7) is 22.6. The second-order valence-corrected chi connectivity index (χ2v) is 29.3. The second-order valence-electron chi connectivity index (χ2n) is 20.9. The Balaban J connectivity index is 0.000000156. The molecule has 372 valence electrons. The molecule has 18 heteroatoms. The third kappa shape index (κ3) is 7.06. The van der Waals surface area contributed by atoms with Gasteiger partial charge in [0.2, 0.25) is 0 Å². The molecule has 0 radical (unpaired) electrons. The van der Waals surface area contributed by atoms with E-state index in [-0.39, 0.29) is 90.5 Å². The smallest absolute Gasteiger partial charge is 0.870 e. The van der Waals surface area contributed by atoms with Crippen LogP contribution in [0.4, 0.5) is 0 Å². The second kappa shape index (κ2) is 17.5. The number of carbonyl (C=O) groups is 4. The molecule has 3 N–H and O–H groups in total. The number of rotatable bonds is 6. The van der Waals surface area contributed by atoms with Gasteiger partial charge in [-0.1, -0.05) is 55.4 Å². The molecule has 4 aliphatic rings. The molecule has 9 nitrogen and oxygen atoms in total. The predicted octanol–water partition coefficient (Wildman–Crippen LogP) is 14.3. The zero-order chi connectivity index (χ0) is 50.6. The van der Waals surface area contributed by atoms with Gasteiger partial charge in [-0.15, -0.1) is 90.7 Å². The van der Waals surface area contributed by atoms with Crippen molar-refractivity contribution in [1.29, 1.82) is 0 Å². The minimum Gasteiger partial charge on any atom is -0.870 e. The maximum absolute atomic E-state index is 12.4. The molecule has 2 aromatic carbocycles. The molecule has 0 saturated carbocycles. The molecule has 0 aliphatic heterocycles. The normalized spacial score (nSPS) is 15.8. The van der Waals surface area contributed by atoms with E-state index in [0.717, 1.165) is 28.2 Å². The van der Waals surface area contributed by atoms with Gasteiger partial charge in [-0.05, 0) is 129 Å². The number of ether oxygens (including phenoxy) is 2. The van der Waals surface area contributed by atoms with Crippen LogP contribution >= 0.6 is 90.7 Å². The minimum absolute atomic E-state index is 0. The van der Waals surface area contributed by atoms with Crippen LogP contribution in [0.5, 0.6) is 0 Å². The van der Waals surface area contributed by atoms with Gasteiger partial charge in [0.15, 0.2) is 0 Å². The van der Waals surface area contributed by atoms with E-state index in [2.05, 4.69) is 79.7 Å². The van der Waals surface area contributed by atoms with Gasteiger partial charge in [-0.2, -0.15) is 0 Å². The fraction of sp³-hybridized carbons (Fsp3) is 0.286. The van der Waals surface area contributed by atoms with Crippen molar-refractivity contribution in [2.45, 2.75) is 90.9 Å². The molecule has 14 rings (SSSR count). The van der Waals surface area contributed by atoms with Gasteiger partial charge in [0, 0.05) is 60.0 Å². The van der Waals surface area contributed by atoms with Crippen molar-refractivity contribution >= 4 is 152 Å². The van der Waals surface area contributed by atoms with Crippen LogP contribution in [-0.2, 0) is 31.1 Å². The summed E-state index contributed by atoms with van der Waals surface area (Å²) in [5.41, 5.74) is 14.8. The summed E-state index contributed by atoms with van der Waals surface area (Å²) in [4.78, 5) is 55.3. The van der Waals surface area contributed by atoms with Crippen LogP contribution in [-0.4, -0.2) is 52.8 Å². The first-order valence-corrected chi connectivity index (χ1v) is 30.1. The fourth-order valence-corrected chi connectivity index (χ4v) is 23.4. The average Bonchev–Trinajstić information content (AvgIpc) is 4.16. The van der Waals surface area contributed by atoms with Crippen LogP contribution in [0.3, 0.4) is 0 Å². The first-order chi connectivity index (χ1) is 34.1. The Bertz CT molecular complexity index is 3880. The van der Waals surface area contributed by atoms with Crippen molar-refractivity contribution in [1.82, 2.24) is 0 Å². The number of carboxylic acid groups (broad SMARTS) is 2. The number of thiophene rings is 8. The Morgan fingerprint density at radius 2 is 0.635 bits per heavy atom. The maximum Gasteiger partial charge on any atom is 1.00 e. The molecule has 74 heavy (non-hydrogen) atoms. The van der Waals surface area contributed by atoms with Crippen molar-refractivity contribution in [3.63, 3.8) is 0 Å². The van der Waals surface area contributed by atoms with E-state index in [0.29, 0.717) is 32.7 Å². The van der Waals surface area contributed by atoms with Gasteiger partial charge in [-0.25, -0.2) is 19.2 Å². The van der Waals surface area contributed by atoms with E-state index >= 15 is 0 Å². The summed E-state index contributed by atoms with van der Waals surface area (Å²) in [7, 11) is 0. The van der Waals surface area contributed by atoms with Crippen LogP contribution in [0, 0.1) is 0 Å². The maximum atomic E-state index is 12.4. The Morgan fingerprint density at radius 1 is 0.405 bits per heavy atom. The van der Waals surface area contributed by atoms with Crippen molar-refractivity contribution in [2.24, 2.45) is 0 Å². The number of benzene rings is 2. The molecule has 0 bridgehead atoms. The largest absolute Gasteiger partial charge is 1.00 e. The molecule has 0 fully saturated rings. The van der Waals surface area contributed by atoms with Crippen LogP contribution < -0.4 is 51.4 Å². The number of hydrogen-bond donors (Lipinski definition) is 2. The van der Waals surface area contributed by atoms with Crippen LogP contribution in [0.15, 0.2) is 48.5 Å². The Kier molecular flexibility index (Phi) is 12.5. The molecule has 4 aliphatic carbocycles. The minimum atomic E-state index is -0.868. The predicted molar refractivity (Wildman–Crippen MR) is 304 cm³/mol. The summed E-state index contributed by atoms with van der Waals surface area (Å²) in [5, 5.41) is 19.0. The zero-order valence-electron chi connectivity index (χ0n) is 42.1. The number of carbonyl (C=O) groups excluding carboxylic acids is 2. The third-order valence-corrected chi connectivity index (χ3v) is 25.1. The standard InChI is InChI=1S/C30H26O4S4.C26H18O4S4.K.H2O/c1-7-33-27(31)19-11-17-25(37-19)21-23(35-17)13-9-16-14(10-15(13)29(21,3)4)24-22(30(16,5)6)26-18(36-24)12-20(38-26)28(32)34-8-2;1-25(2)11-5-10-12(6-9(11)19-17(25)21-13(31-19)7-15(33-21)23(27)28)26(3,4)18-20(10)32-14-8-16(24(29)30)34-22(14)18;;/h9-12H,7-8H2,1-6H3;5-8H,1-4H3,(H,27,28)(H,29,30);;1H2/q;;+1;/p-1. The van der Waals surface area contributed by atoms with Crippen LogP contribution in [0.2, 0.25) is 0 Å². The van der Waals surface area contributed by atoms with E-state index in [4.69, 9.17) is 9.47 Å². The summed E-state index contributed by atoms with van der Waals surface area (Å²) in [6, 6.07) is 17.2. The summed E-state index contributed by atoms with van der Waals surface area (Å²) >= 11 is 12.9. The Hall–Kier alpha value is -3.44. The fourth-order valence-electron chi connectivity index (χ4n) is 12.0. The number of esters is 2. The van der Waals surface area contributed by atoms with Crippen molar-refractivity contribution in [3.05, 3.63) is 113 Å². The molecule has 0 unspecified atom stereocenters. The molecule has 10 aromatic rings. The van der Waals surface area contributed by atoms with Gasteiger partial charge in [-0.3, -0.25) is 0 Å². The Labute approximate surface area is 500 Å². The first-order valence-electron chi connectivity index (χ1n) is 23.5. The number of aromatic carboxylic acids is 2. The molecular weight excluding hydrogens is 1110 g/mol. The zero-order valence-corrected chi connectivity index (χ0v) is 51.7. The molecule has 0 amide bonds. The van der Waals surface area contributed by atoms with E-state index < -0.39 is 11.9 Å². The van der Waals surface area contributed by atoms with Gasteiger partial charge in [0.1, 0.15) is 19.5 Å². The van der Waals surface area contributed by atoms with Gasteiger partial charge in [0.25, 0.3) is 0 Å². The number of fused-ring (bicyclic) bond motifs is 20. The van der Waals surface area contributed by atoms with E-state index in [1.165, 1.54) is 118 Å². The quantitative estimate of drug-likeness (QED) is 0.122. The Morgan fingerprint density at radius 3 is 0.865 bits per heavy atom. The van der Waals surface area contributed by atoms with Gasteiger partial charge in [0.05, 0.1) is 32.0 Å². The molecule has 8 aromatic heterocycles. The number of hydrogen-bond acceptors (Lipinski definition) is 15. The van der Waals surface area contributed by atoms with Crippen molar-refractivity contribution in [3.8, 4) is 41.8 Å². The van der Waals surface area contributed by atoms with E-state index in [9.17, 15) is 29.4 Å². The van der Waals surface area contributed by atoms with Crippen LogP contribution in [0.25, 0.3) is 79.4 Å². The van der Waals surface area contributed by atoms with E-state index in [1.54, 1.807) is 68.0 Å². The summed E-state index contributed by atoms with van der Waals surface area (Å²) < 4.78 is 19.6. The summed E-state index contributed by atoms with van der Waals surface area (Å²) in [6.07, 6.45) is 0. The molecular formula is C56H45KO9S8. The SMILES string of the molecule is CC1(C)c2cc3c(cc2-c2sc4cc(C(=O)O)sc4c21)C(C)(C)c1c-3sc2cc(C(=O)O)sc12.CCOC(=O)c1cc2sc3c(c2s1)C(C)(C)c1cc2c(cc1-3)C(C)(C)c1c-2sc2cc(C(=O)OCC)sc12.[K+].[OH-]. The average molecular weight is 1160 g/mol. The third-order valence-electron chi connectivity index (χ3n) is 15.3. The van der Waals surface area contributed by atoms with Gasteiger partial charge < -0.3 is 25.2 Å². The monoisotopic (exact) mass is 1160 g/mol. The summed E-state index contributed by atoms with van der Waals surface area (Å²) in [5.74, 6) is -2.21.